The summed E-state index contributed by atoms with van der Waals surface area (Å²) >= 11 is 3.53. The average molecular weight is 343 g/mol. The van der Waals surface area contributed by atoms with E-state index in [0.717, 1.165) is 21.3 Å². The second-order valence-electron chi connectivity index (χ2n) is 4.98. The van der Waals surface area contributed by atoms with E-state index in [1.54, 1.807) is 7.11 Å². The molecule has 0 N–H and O–H groups in total. The lowest BCUT2D eigenvalue weighted by Gasteiger charge is -2.34. The molecule has 2 rings (SSSR count). The zero-order chi connectivity index (χ0) is 14.7. The minimum absolute atomic E-state index is 0.0941. The zero-order valence-electron chi connectivity index (χ0n) is 11.9. The molecule has 4 nitrogen and oxygen atoms in total. The van der Waals surface area contributed by atoms with Crippen molar-refractivity contribution in [2.45, 2.75) is 32.5 Å². The van der Waals surface area contributed by atoms with Crippen molar-refractivity contribution in [1.82, 2.24) is 0 Å². The van der Waals surface area contributed by atoms with Gasteiger partial charge in [0.2, 0.25) is 0 Å². The molecule has 0 saturated heterocycles. The summed E-state index contributed by atoms with van der Waals surface area (Å²) in [5.74, 6) is 0.873. The fourth-order valence-corrected chi connectivity index (χ4v) is 2.41. The van der Waals surface area contributed by atoms with Gasteiger partial charge in [-0.3, -0.25) is 4.79 Å². The quantitative estimate of drug-likeness (QED) is 0.745. The maximum absolute atomic E-state index is 11.6. The van der Waals surface area contributed by atoms with E-state index in [1.165, 1.54) is 0 Å². The largest absolute Gasteiger partial charge is 0.487 e. The highest BCUT2D eigenvalue weighted by Crippen LogP contribution is 2.30. The molecule has 110 valence electrons. The van der Waals surface area contributed by atoms with Crippen molar-refractivity contribution in [2.75, 3.05) is 20.3 Å². The minimum atomic E-state index is -0.464. The molecule has 1 aliphatic rings. The van der Waals surface area contributed by atoms with Gasteiger partial charge >= 0.3 is 0 Å². The van der Waals surface area contributed by atoms with Crippen LogP contribution >= 0.6 is 15.9 Å². The second-order valence-corrected chi connectivity index (χ2v) is 5.77. The predicted octanol–water partition coefficient (Wildman–Crippen LogP) is 2.82. The molecule has 0 spiro atoms. The van der Waals surface area contributed by atoms with Gasteiger partial charge in [-0.05, 0) is 37.1 Å². The van der Waals surface area contributed by atoms with E-state index in [0.29, 0.717) is 19.6 Å². The highest BCUT2D eigenvalue weighted by molar-refractivity contribution is 9.10. The summed E-state index contributed by atoms with van der Waals surface area (Å²) in [5, 5.41) is 0. The first-order chi connectivity index (χ1) is 9.52. The first-order valence-electron chi connectivity index (χ1n) is 6.59. The number of methoxy groups -OCH3 is 1. The van der Waals surface area contributed by atoms with Crippen LogP contribution in [0.2, 0.25) is 0 Å². The molecular formula is C15H19BrO4. The third-order valence-electron chi connectivity index (χ3n) is 3.34. The Morgan fingerprint density at radius 1 is 1.25 bits per heavy atom. The molecule has 0 radical (unpaired) electrons. The molecule has 1 saturated carbocycles. The molecule has 1 aromatic carbocycles. The van der Waals surface area contributed by atoms with E-state index in [2.05, 4.69) is 15.9 Å². The second kappa shape index (κ2) is 6.70. The van der Waals surface area contributed by atoms with E-state index in [9.17, 15) is 4.79 Å². The Kier molecular flexibility index (Phi) is 5.18. The van der Waals surface area contributed by atoms with Gasteiger partial charge in [-0.15, -0.1) is 0 Å². The van der Waals surface area contributed by atoms with Crippen LogP contribution in [-0.2, 0) is 14.3 Å². The molecular weight excluding hydrogens is 324 g/mol. The minimum Gasteiger partial charge on any atom is -0.487 e. The van der Waals surface area contributed by atoms with Gasteiger partial charge in [-0.25, -0.2) is 0 Å². The van der Waals surface area contributed by atoms with E-state index < -0.39 is 6.10 Å². The monoisotopic (exact) mass is 342 g/mol. The van der Waals surface area contributed by atoms with Gasteiger partial charge in [0.25, 0.3) is 0 Å². The molecule has 1 aliphatic carbocycles. The normalized spacial score (nSPS) is 21.7. The van der Waals surface area contributed by atoms with E-state index >= 15 is 0 Å². The average Bonchev–Trinajstić information content (AvgIpc) is 2.40. The summed E-state index contributed by atoms with van der Waals surface area (Å²) in [4.78, 5) is 11.6. The Morgan fingerprint density at radius 2 is 1.90 bits per heavy atom. The summed E-state index contributed by atoms with van der Waals surface area (Å²) in [6.45, 7) is 4.92. The Bertz CT molecular complexity index is 478. The van der Waals surface area contributed by atoms with Crippen molar-refractivity contribution in [2.24, 2.45) is 0 Å². The molecule has 5 heteroatoms. The number of carbonyl (C=O) groups excluding carboxylic acids is 1. The van der Waals surface area contributed by atoms with Crippen LogP contribution < -0.4 is 4.74 Å². The highest BCUT2D eigenvalue weighted by Gasteiger charge is 2.42. The maximum atomic E-state index is 11.6. The number of carbonyl (C=O) groups is 1. The molecule has 2 unspecified atom stereocenters. The lowest BCUT2D eigenvalue weighted by atomic mass is 9.90. The Hall–Kier alpha value is -0.910. The fraction of sp³-hybridized carbons (Fsp3) is 0.533. The third-order valence-corrected chi connectivity index (χ3v) is 4.59. The molecule has 0 aliphatic heterocycles. The van der Waals surface area contributed by atoms with Crippen LogP contribution in [0.5, 0.6) is 5.75 Å². The van der Waals surface area contributed by atoms with Gasteiger partial charge in [0.15, 0.2) is 11.9 Å². The standard InChI is InChI=1S/C15H19BrO4/c1-9-6-11(7-10(2)14(9)16)20-13-8-12(17)15(13)19-5-4-18-3/h6-7,13,15H,4-5,8H2,1-3H3. The smallest absolute Gasteiger partial charge is 0.169 e. The Balaban J connectivity index is 1.97. The summed E-state index contributed by atoms with van der Waals surface area (Å²) in [7, 11) is 1.60. The Morgan fingerprint density at radius 3 is 2.45 bits per heavy atom. The summed E-state index contributed by atoms with van der Waals surface area (Å²) in [6, 6.07) is 3.93. The van der Waals surface area contributed by atoms with Crippen LogP contribution in [0.25, 0.3) is 0 Å². The van der Waals surface area contributed by atoms with Gasteiger partial charge in [-0.2, -0.15) is 0 Å². The first-order valence-corrected chi connectivity index (χ1v) is 7.39. The number of halogens is 1. The molecule has 1 fully saturated rings. The lowest BCUT2D eigenvalue weighted by Crippen LogP contribution is -2.52. The third kappa shape index (κ3) is 3.40. The van der Waals surface area contributed by atoms with Crippen LogP contribution in [0, 0.1) is 13.8 Å². The topological polar surface area (TPSA) is 44.8 Å². The zero-order valence-corrected chi connectivity index (χ0v) is 13.5. The van der Waals surface area contributed by atoms with Crippen LogP contribution in [0.1, 0.15) is 17.5 Å². The van der Waals surface area contributed by atoms with Crippen LogP contribution in [0.15, 0.2) is 16.6 Å². The van der Waals surface area contributed by atoms with E-state index in [1.807, 2.05) is 26.0 Å². The van der Waals surface area contributed by atoms with Crippen LogP contribution in [0.3, 0.4) is 0 Å². The van der Waals surface area contributed by atoms with Crippen molar-refractivity contribution in [3.63, 3.8) is 0 Å². The van der Waals surface area contributed by atoms with E-state index in [-0.39, 0.29) is 11.9 Å². The number of aryl methyl sites for hydroxylation is 2. The molecule has 2 atom stereocenters. The summed E-state index contributed by atoms with van der Waals surface area (Å²) in [5.41, 5.74) is 2.23. The summed E-state index contributed by atoms with van der Waals surface area (Å²) < 4.78 is 17.4. The number of ketones is 1. The number of hydrogen-bond acceptors (Lipinski definition) is 4. The SMILES string of the molecule is COCCOC1C(=O)CC1Oc1cc(C)c(Br)c(C)c1. The first kappa shape index (κ1) is 15.5. The van der Waals surface area contributed by atoms with Gasteiger partial charge in [-0.1, -0.05) is 15.9 Å². The molecule has 1 aromatic rings. The molecule has 0 amide bonds. The van der Waals surface area contributed by atoms with Crippen molar-refractivity contribution in [3.8, 4) is 5.75 Å². The number of ether oxygens (including phenoxy) is 3. The van der Waals surface area contributed by atoms with Gasteiger partial charge in [0.1, 0.15) is 11.9 Å². The lowest BCUT2D eigenvalue weighted by molar-refractivity contribution is -0.156. The number of rotatable bonds is 6. The van der Waals surface area contributed by atoms with Gasteiger partial charge in [0, 0.05) is 18.0 Å². The number of Topliss-reactive ketones (excluding diaryl/α,β-unsaturated/α-hetero) is 1. The molecule has 0 aromatic heterocycles. The maximum Gasteiger partial charge on any atom is 0.169 e. The van der Waals surface area contributed by atoms with Crippen LogP contribution in [0.4, 0.5) is 0 Å². The van der Waals surface area contributed by atoms with E-state index in [4.69, 9.17) is 14.2 Å². The Labute approximate surface area is 127 Å². The van der Waals surface area contributed by atoms with Crippen molar-refractivity contribution >= 4 is 21.7 Å². The van der Waals surface area contributed by atoms with Gasteiger partial charge in [0.05, 0.1) is 13.2 Å². The summed E-state index contributed by atoms with van der Waals surface area (Å²) in [6.07, 6.45) is -0.250. The molecule has 0 bridgehead atoms. The van der Waals surface area contributed by atoms with Crippen molar-refractivity contribution in [3.05, 3.63) is 27.7 Å². The fourth-order valence-electron chi connectivity index (χ4n) is 2.18. The number of hydrogen-bond donors (Lipinski definition) is 0. The van der Waals surface area contributed by atoms with Crippen molar-refractivity contribution < 1.29 is 19.0 Å². The van der Waals surface area contributed by atoms with Crippen LogP contribution in [-0.4, -0.2) is 38.3 Å². The molecule has 0 heterocycles. The number of benzene rings is 1. The molecule has 20 heavy (non-hydrogen) atoms. The van der Waals surface area contributed by atoms with Crippen molar-refractivity contribution in [1.29, 1.82) is 0 Å². The predicted molar refractivity (Wildman–Crippen MR) is 79.3 cm³/mol. The highest BCUT2D eigenvalue weighted by atomic mass is 79.9. The van der Waals surface area contributed by atoms with Gasteiger partial charge < -0.3 is 14.2 Å².